The number of rotatable bonds is 4. The van der Waals surface area contributed by atoms with Gasteiger partial charge in [0, 0.05) is 13.1 Å². The van der Waals surface area contributed by atoms with E-state index in [2.05, 4.69) is 0 Å². The summed E-state index contributed by atoms with van der Waals surface area (Å²) in [5.74, 6) is -1.49. The first kappa shape index (κ1) is 13.4. The second kappa shape index (κ2) is 4.68. The van der Waals surface area contributed by atoms with Crippen LogP contribution in [0.5, 0.6) is 0 Å². The maximum atomic E-state index is 11.7. The SMILES string of the molecule is CC1(O)CCN(S(=O)(=O)CCC(=O)O)CC1. The topological polar surface area (TPSA) is 94.9 Å². The zero-order valence-corrected chi connectivity index (χ0v) is 10.0. The van der Waals surface area contributed by atoms with Crippen LogP contribution in [0.15, 0.2) is 0 Å². The van der Waals surface area contributed by atoms with Gasteiger partial charge in [-0.2, -0.15) is 0 Å². The van der Waals surface area contributed by atoms with E-state index in [4.69, 9.17) is 5.11 Å². The number of nitrogens with zero attached hydrogens (tertiary/aromatic N) is 1. The van der Waals surface area contributed by atoms with Crippen LogP contribution in [0.3, 0.4) is 0 Å². The minimum absolute atomic E-state index is 0.259. The van der Waals surface area contributed by atoms with Crippen molar-refractivity contribution in [2.45, 2.75) is 31.8 Å². The van der Waals surface area contributed by atoms with Gasteiger partial charge in [-0.1, -0.05) is 0 Å². The van der Waals surface area contributed by atoms with Crippen molar-refractivity contribution in [1.29, 1.82) is 0 Å². The summed E-state index contributed by atoms with van der Waals surface area (Å²) in [7, 11) is -3.49. The van der Waals surface area contributed by atoms with Crippen molar-refractivity contribution in [3.63, 3.8) is 0 Å². The molecule has 0 atom stereocenters. The summed E-state index contributed by atoms with van der Waals surface area (Å²) in [6.45, 7) is 2.19. The minimum Gasteiger partial charge on any atom is -0.481 e. The molecule has 0 aromatic heterocycles. The molecule has 2 N–H and O–H groups in total. The highest BCUT2D eigenvalue weighted by Gasteiger charge is 2.33. The van der Waals surface area contributed by atoms with Crippen molar-refractivity contribution in [3.8, 4) is 0 Å². The van der Waals surface area contributed by atoms with E-state index in [1.54, 1.807) is 6.92 Å². The average Bonchev–Trinajstić information content (AvgIpc) is 2.14. The Morgan fingerprint density at radius 1 is 1.38 bits per heavy atom. The largest absolute Gasteiger partial charge is 0.481 e. The third kappa shape index (κ3) is 3.73. The molecule has 16 heavy (non-hydrogen) atoms. The molecule has 94 valence electrons. The van der Waals surface area contributed by atoms with E-state index in [1.165, 1.54) is 4.31 Å². The van der Waals surface area contributed by atoms with E-state index in [0.717, 1.165) is 0 Å². The Morgan fingerprint density at radius 3 is 2.31 bits per heavy atom. The fraction of sp³-hybridized carbons (Fsp3) is 0.889. The fourth-order valence-corrected chi connectivity index (χ4v) is 3.02. The van der Waals surface area contributed by atoms with Gasteiger partial charge in [-0.3, -0.25) is 4.79 Å². The Balaban J connectivity index is 2.55. The standard InChI is InChI=1S/C9H17NO5S/c1-9(13)3-5-10(6-4-9)16(14,15)7-2-8(11)12/h13H,2-7H2,1H3,(H,11,12). The monoisotopic (exact) mass is 251 g/mol. The lowest BCUT2D eigenvalue weighted by atomic mass is 9.95. The molecule has 0 amide bonds. The fourth-order valence-electron chi connectivity index (χ4n) is 1.59. The van der Waals surface area contributed by atoms with Gasteiger partial charge in [0.05, 0.1) is 17.8 Å². The summed E-state index contributed by atoms with van der Waals surface area (Å²) < 4.78 is 24.6. The van der Waals surface area contributed by atoms with Crippen LogP contribution in [0.2, 0.25) is 0 Å². The maximum Gasteiger partial charge on any atom is 0.304 e. The number of carboxylic acid groups (broad SMARTS) is 1. The van der Waals surface area contributed by atoms with E-state index in [0.29, 0.717) is 12.8 Å². The van der Waals surface area contributed by atoms with E-state index in [9.17, 15) is 18.3 Å². The highest BCUT2D eigenvalue weighted by molar-refractivity contribution is 7.89. The predicted octanol–water partition coefficient (Wildman–Crippen LogP) is -0.362. The van der Waals surface area contributed by atoms with Gasteiger partial charge in [-0.05, 0) is 19.8 Å². The molecule has 0 aliphatic carbocycles. The second-order valence-corrected chi connectivity index (χ2v) is 6.44. The zero-order valence-electron chi connectivity index (χ0n) is 9.22. The van der Waals surface area contributed by atoms with Crippen LogP contribution in [-0.2, 0) is 14.8 Å². The maximum absolute atomic E-state index is 11.7. The van der Waals surface area contributed by atoms with Gasteiger partial charge < -0.3 is 10.2 Å². The first-order valence-corrected chi connectivity index (χ1v) is 6.76. The number of hydrogen-bond donors (Lipinski definition) is 2. The molecule has 1 aliphatic rings. The molecule has 0 aromatic carbocycles. The molecular weight excluding hydrogens is 234 g/mol. The Kier molecular flexibility index (Phi) is 3.92. The molecular formula is C9H17NO5S. The van der Waals surface area contributed by atoms with Crippen molar-refractivity contribution in [3.05, 3.63) is 0 Å². The predicted molar refractivity (Wildman–Crippen MR) is 57.5 cm³/mol. The molecule has 0 aromatic rings. The summed E-state index contributed by atoms with van der Waals surface area (Å²) in [6, 6.07) is 0. The first-order chi connectivity index (χ1) is 7.23. The number of sulfonamides is 1. The van der Waals surface area contributed by atoms with Gasteiger partial charge >= 0.3 is 5.97 Å². The van der Waals surface area contributed by atoms with Gasteiger partial charge in [0.25, 0.3) is 0 Å². The number of carbonyl (C=O) groups is 1. The molecule has 0 spiro atoms. The Morgan fingerprint density at radius 2 is 1.88 bits per heavy atom. The highest BCUT2D eigenvalue weighted by Crippen LogP contribution is 2.23. The van der Waals surface area contributed by atoms with Crippen LogP contribution < -0.4 is 0 Å². The van der Waals surface area contributed by atoms with Crippen molar-refractivity contribution in [2.24, 2.45) is 0 Å². The van der Waals surface area contributed by atoms with Crippen LogP contribution in [0.25, 0.3) is 0 Å². The Hall–Kier alpha value is -0.660. The quantitative estimate of drug-likeness (QED) is 0.711. The third-order valence-electron chi connectivity index (χ3n) is 2.77. The van der Waals surface area contributed by atoms with E-state index >= 15 is 0 Å². The summed E-state index contributed by atoms with van der Waals surface area (Å²) in [4.78, 5) is 10.3. The van der Waals surface area contributed by atoms with Crippen LogP contribution in [0.1, 0.15) is 26.2 Å². The Bertz CT molecular complexity index is 352. The molecule has 1 saturated heterocycles. The van der Waals surface area contributed by atoms with Gasteiger partial charge in [0.15, 0.2) is 0 Å². The van der Waals surface area contributed by atoms with Crippen LogP contribution in [-0.4, -0.2) is 53.3 Å². The van der Waals surface area contributed by atoms with Crippen molar-refractivity contribution in [2.75, 3.05) is 18.8 Å². The van der Waals surface area contributed by atoms with Gasteiger partial charge in [-0.25, -0.2) is 12.7 Å². The molecule has 0 unspecified atom stereocenters. The first-order valence-electron chi connectivity index (χ1n) is 5.15. The zero-order chi connectivity index (χ0) is 12.4. The van der Waals surface area contributed by atoms with Gasteiger partial charge in [0.1, 0.15) is 0 Å². The summed E-state index contributed by atoms with van der Waals surface area (Å²) in [6.07, 6.45) is 0.397. The smallest absolute Gasteiger partial charge is 0.304 e. The molecule has 6 nitrogen and oxygen atoms in total. The number of aliphatic hydroxyl groups is 1. The average molecular weight is 251 g/mol. The third-order valence-corrected chi connectivity index (χ3v) is 4.64. The molecule has 1 fully saturated rings. The molecule has 0 radical (unpaired) electrons. The van der Waals surface area contributed by atoms with Gasteiger partial charge in [0.2, 0.25) is 10.0 Å². The molecule has 1 heterocycles. The van der Waals surface area contributed by atoms with Crippen molar-refractivity contribution < 1.29 is 23.4 Å². The minimum atomic E-state index is -3.49. The summed E-state index contributed by atoms with van der Waals surface area (Å²) >= 11 is 0. The number of carboxylic acids is 1. The molecule has 0 bridgehead atoms. The molecule has 7 heteroatoms. The Labute approximate surface area is 94.9 Å². The van der Waals surface area contributed by atoms with Gasteiger partial charge in [-0.15, -0.1) is 0 Å². The number of aliphatic carboxylic acids is 1. The second-order valence-electron chi connectivity index (χ2n) is 4.36. The lowest BCUT2D eigenvalue weighted by Gasteiger charge is -2.34. The van der Waals surface area contributed by atoms with E-state index < -0.39 is 21.6 Å². The van der Waals surface area contributed by atoms with Crippen LogP contribution >= 0.6 is 0 Å². The molecule has 1 aliphatic heterocycles. The number of hydrogen-bond acceptors (Lipinski definition) is 4. The van der Waals surface area contributed by atoms with Crippen molar-refractivity contribution in [1.82, 2.24) is 4.31 Å². The highest BCUT2D eigenvalue weighted by atomic mass is 32.2. The lowest BCUT2D eigenvalue weighted by molar-refractivity contribution is -0.136. The molecule has 1 rings (SSSR count). The van der Waals surface area contributed by atoms with E-state index in [-0.39, 0.29) is 25.3 Å². The van der Waals surface area contributed by atoms with Crippen LogP contribution in [0, 0.1) is 0 Å². The lowest BCUT2D eigenvalue weighted by Crippen LogP contribution is -2.45. The van der Waals surface area contributed by atoms with E-state index in [1.807, 2.05) is 0 Å². The summed E-state index contributed by atoms with van der Waals surface area (Å²) in [5, 5.41) is 18.1. The molecule has 0 saturated carbocycles. The summed E-state index contributed by atoms with van der Waals surface area (Å²) in [5.41, 5.74) is -0.807. The number of piperidine rings is 1. The van der Waals surface area contributed by atoms with Crippen molar-refractivity contribution >= 4 is 16.0 Å². The van der Waals surface area contributed by atoms with Crippen LogP contribution in [0.4, 0.5) is 0 Å². The normalized spacial score (nSPS) is 21.9.